The average Bonchev–Trinajstić information content (AvgIpc) is 2.65. The topological polar surface area (TPSA) is 107 Å². The molecule has 2 atom stereocenters. The maximum atomic E-state index is 12.6. The number of carbonyl (C=O) groups is 4. The lowest BCUT2D eigenvalue weighted by atomic mass is 9.93. The maximum Gasteiger partial charge on any atom is 0.308 e. The van der Waals surface area contributed by atoms with Crippen LogP contribution in [0.1, 0.15) is 32.6 Å². The number of aliphatic carboxylic acids is 1. The first-order chi connectivity index (χ1) is 12.9. The summed E-state index contributed by atoms with van der Waals surface area (Å²) in [6, 6.07) is 6.98. The number of hydrogen-bond acceptors (Lipinski definition) is 4. The second-order valence-corrected chi connectivity index (χ2v) is 7.05. The van der Waals surface area contributed by atoms with Gasteiger partial charge in [0, 0.05) is 25.4 Å². The van der Waals surface area contributed by atoms with Crippen molar-refractivity contribution >= 4 is 35.1 Å². The smallest absolute Gasteiger partial charge is 0.308 e. The fourth-order valence-electron chi connectivity index (χ4n) is 3.60. The molecule has 0 aromatic heterocycles. The molecule has 1 fully saturated rings. The third kappa shape index (κ3) is 4.10. The summed E-state index contributed by atoms with van der Waals surface area (Å²) in [5, 5.41) is 11.9. The molecule has 0 spiro atoms. The molecule has 2 unspecified atom stereocenters. The highest BCUT2D eigenvalue weighted by molar-refractivity contribution is 6.10. The Morgan fingerprint density at radius 1 is 1.15 bits per heavy atom. The van der Waals surface area contributed by atoms with E-state index in [-0.39, 0.29) is 49.7 Å². The molecular formula is C19H23N3O5. The SMILES string of the molecule is CC1CCC(C(=O)O)CN1C(=O)CCC(=O)N1CC(=O)Nc2ccccc21. The normalized spacial score (nSPS) is 22.0. The summed E-state index contributed by atoms with van der Waals surface area (Å²) in [6.07, 6.45) is 1.16. The summed E-state index contributed by atoms with van der Waals surface area (Å²) in [5.74, 6) is -2.26. The fourth-order valence-corrected chi connectivity index (χ4v) is 3.60. The second-order valence-electron chi connectivity index (χ2n) is 7.05. The van der Waals surface area contributed by atoms with Crippen LogP contribution in [-0.4, -0.2) is 52.8 Å². The Morgan fingerprint density at radius 3 is 2.59 bits per heavy atom. The number of carbonyl (C=O) groups excluding carboxylic acids is 3. The van der Waals surface area contributed by atoms with Gasteiger partial charge in [-0.3, -0.25) is 19.2 Å². The number of piperidine rings is 1. The number of nitrogens with zero attached hydrogens (tertiary/aromatic N) is 2. The van der Waals surface area contributed by atoms with E-state index >= 15 is 0 Å². The molecule has 2 aliphatic rings. The predicted octanol–water partition coefficient (Wildman–Crippen LogP) is 1.46. The Bertz CT molecular complexity index is 778. The van der Waals surface area contributed by atoms with Gasteiger partial charge in [-0.05, 0) is 31.9 Å². The van der Waals surface area contributed by atoms with Crippen molar-refractivity contribution in [3.8, 4) is 0 Å². The van der Waals surface area contributed by atoms with E-state index in [9.17, 15) is 24.3 Å². The minimum atomic E-state index is -0.897. The van der Waals surface area contributed by atoms with Crippen molar-refractivity contribution in [1.29, 1.82) is 0 Å². The molecule has 8 nitrogen and oxygen atoms in total. The highest BCUT2D eigenvalue weighted by Gasteiger charge is 2.33. The number of fused-ring (bicyclic) bond motifs is 1. The summed E-state index contributed by atoms with van der Waals surface area (Å²) in [5.41, 5.74) is 1.19. The van der Waals surface area contributed by atoms with Gasteiger partial charge in [0.05, 0.1) is 17.3 Å². The Hall–Kier alpha value is -2.90. The summed E-state index contributed by atoms with van der Waals surface area (Å²) in [7, 11) is 0. The second kappa shape index (κ2) is 7.77. The van der Waals surface area contributed by atoms with Gasteiger partial charge in [0.1, 0.15) is 6.54 Å². The summed E-state index contributed by atoms with van der Waals surface area (Å²) < 4.78 is 0. The van der Waals surface area contributed by atoms with Crippen molar-refractivity contribution in [3.63, 3.8) is 0 Å². The van der Waals surface area contributed by atoms with E-state index in [0.29, 0.717) is 24.2 Å². The minimum Gasteiger partial charge on any atom is -0.481 e. The molecule has 2 aliphatic heterocycles. The van der Waals surface area contributed by atoms with Crippen LogP contribution in [0.25, 0.3) is 0 Å². The molecule has 2 heterocycles. The van der Waals surface area contributed by atoms with Crippen molar-refractivity contribution in [1.82, 2.24) is 4.90 Å². The summed E-state index contributed by atoms with van der Waals surface area (Å²) in [6.45, 7) is 1.99. The van der Waals surface area contributed by atoms with Crippen LogP contribution < -0.4 is 10.2 Å². The molecule has 144 valence electrons. The molecule has 27 heavy (non-hydrogen) atoms. The first-order valence-corrected chi connectivity index (χ1v) is 9.08. The van der Waals surface area contributed by atoms with Crippen molar-refractivity contribution in [2.45, 2.75) is 38.6 Å². The van der Waals surface area contributed by atoms with Gasteiger partial charge < -0.3 is 20.2 Å². The van der Waals surface area contributed by atoms with Crippen LogP contribution in [0.2, 0.25) is 0 Å². The third-order valence-corrected chi connectivity index (χ3v) is 5.18. The highest BCUT2D eigenvalue weighted by atomic mass is 16.4. The number of carboxylic acid groups (broad SMARTS) is 1. The number of amides is 3. The van der Waals surface area contributed by atoms with Gasteiger partial charge in [-0.2, -0.15) is 0 Å². The number of hydrogen-bond donors (Lipinski definition) is 2. The molecule has 8 heteroatoms. The maximum absolute atomic E-state index is 12.6. The number of benzene rings is 1. The predicted molar refractivity (Wildman–Crippen MR) is 98.2 cm³/mol. The van der Waals surface area contributed by atoms with Gasteiger partial charge in [-0.25, -0.2) is 0 Å². The zero-order valence-corrected chi connectivity index (χ0v) is 15.2. The first kappa shape index (κ1) is 18.9. The van der Waals surface area contributed by atoms with Gasteiger partial charge in [-0.15, -0.1) is 0 Å². The van der Waals surface area contributed by atoms with E-state index in [0.717, 1.165) is 0 Å². The van der Waals surface area contributed by atoms with Gasteiger partial charge in [-0.1, -0.05) is 12.1 Å². The zero-order valence-electron chi connectivity index (χ0n) is 15.2. The van der Waals surface area contributed by atoms with Gasteiger partial charge in [0.25, 0.3) is 0 Å². The molecule has 0 saturated carbocycles. The van der Waals surface area contributed by atoms with Crippen LogP contribution in [0.15, 0.2) is 24.3 Å². The van der Waals surface area contributed by atoms with E-state index < -0.39 is 11.9 Å². The molecule has 3 rings (SSSR count). The van der Waals surface area contributed by atoms with Gasteiger partial charge in [0.15, 0.2) is 0 Å². The standard InChI is InChI=1S/C19H23N3O5/c1-12-6-7-13(19(26)27)10-21(12)17(24)8-9-18(25)22-11-16(23)20-14-4-2-3-5-15(14)22/h2-5,12-13H,6-11H2,1H3,(H,20,23)(H,26,27). The molecule has 1 aromatic carbocycles. The molecule has 1 aromatic rings. The number of nitrogens with one attached hydrogen (secondary N) is 1. The van der Waals surface area contributed by atoms with Crippen molar-refractivity contribution in [3.05, 3.63) is 24.3 Å². The number of anilines is 2. The quantitative estimate of drug-likeness (QED) is 0.831. The van der Waals surface area contributed by atoms with Crippen molar-refractivity contribution < 1.29 is 24.3 Å². The Labute approximate surface area is 157 Å². The molecule has 1 saturated heterocycles. The molecular weight excluding hydrogens is 350 g/mol. The van der Waals surface area contributed by atoms with Gasteiger partial charge >= 0.3 is 5.97 Å². The number of likely N-dealkylation sites (tertiary alicyclic amines) is 1. The van der Waals surface area contributed by atoms with E-state index in [1.54, 1.807) is 29.2 Å². The van der Waals surface area contributed by atoms with Crippen LogP contribution >= 0.6 is 0 Å². The molecule has 0 radical (unpaired) electrons. The lowest BCUT2D eigenvalue weighted by Gasteiger charge is -2.36. The first-order valence-electron chi connectivity index (χ1n) is 9.08. The number of rotatable bonds is 4. The molecule has 2 N–H and O–H groups in total. The Balaban J connectivity index is 1.63. The van der Waals surface area contributed by atoms with Gasteiger partial charge in [0.2, 0.25) is 17.7 Å². The summed E-state index contributed by atoms with van der Waals surface area (Å²) in [4.78, 5) is 51.2. The minimum absolute atomic E-state index is 0.00417. The lowest BCUT2D eigenvalue weighted by Crippen LogP contribution is -2.48. The molecule has 0 aliphatic carbocycles. The van der Waals surface area contributed by atoms with E-state index in [1.807, 2.05) is 6.92 Å². The van der Waals surface area contributed by atoms with E-state index in [1.165, 1.54) is 4.90 Å². The molecule has 3 amide bonds. The lowest BCUT2D eigenvalue weighted by molar-refractivity contribution is -0.147. The fraction of sp³-hybridized carbons (Fsp3) is 0.474. The molecule has 0 bridgehead atoms. The largest absolute Gasteiger partial charge is 0.481 e. The highest BCUT2D eigenvalue weighted by Crippen LogP contribution is 2.29. The van der Waals surface area contributed by atoms with Crippen LogP contribution in [0.3, 0.4) is 0 Å². The van der Waals surface area contributed by atoms with Crippen LogP contribution in [0.4, 0.5) is 11.4 Å². The van der Waals surface area contributed by atoms with Crippen LogP contribution in [-0.2, 0) is 19.2 Å². The van der Waals surface area contributed by atoms with E-state index in [2.05, 4.69) is 5.32 Å². The van der Waals surface area contributed by atoms with Crippen molar-refractivity contribution in [2.75, 3.05) is 23.3 Å². The van der Waals surface area contributed by atoms with E-state index in [4.69, 9.17) is 0 Å². The van der Waals surface area contributed by atoms with Crippen LogP contribution in [0.5, 0.6) is 0 Å². The average molecular weight is 373 g/mol. The number of carboxylic acids is 1. The monoisotopic (exact) mass is 373 g/mol. The van der Waals surface area contributed by atoms with Crippen molar-refractivity contribution in [2.24, 2.45) is 5.92 Å². The number of para-hydroxylation sites is 2. The third-order valence-electron chi connectivity index (χ3n) is 5.18. The Kier molecular flexibility index (Phi) is 5.43. The van der Waals surface area contributed by atoms with Crippen LogP contribution in [0, 0.1) is 5.92 Å². The zero-order chi connectivity index (χ0) is 19.6. The summed E-state index contributed by atoms with van der Waals surface area (Å²) >= 11 is 0. The Morgan fingerprint density at radius 2 is 1.85 bits per heavy atom.